The first-order valence-electron chi connectivity index (χ1n) is 5.28. The number of halogens is 1. The second-order valence-electron chi connectivity index (χ2n) is 3.73. The first kappa shape index (κ1) is 13.5. The lowest BCUT2D eigenvalue weighted by Crippen LogP contribution is -2.37. The van der Waals surface area contributed by atoms with Crippen LogP contribution in [-0.4, -0.2) is 25.5 Å². The molecular weight excluding hydrogens is 244 g/mol. The Kier molecular flexibility index (Phi) is 5.80. The van der Waals surface area contributed by atoms with Crippen LogP contribution in [0.1, 0.15) is 18.2 Å². The summed E-state index contributed by atoms with van der Waals surface area (Å²) >= 11 is 7.39. The Balaban J connectivity index is 2.20. The van der Waals surface area contributed by atoms with Crippen LogP contribution in [0.3, 0.4) is 0 Å². The molecule has 0 saturated carbocycles. The van der Waals surface area contributed by atoms with Crippen molar-refractivity contribution in [2.24, 2.45) is 0 Å². The van der Waals surface area contributed by atoms with Gasteiger partial charge in [-0.2, -0.15) is 0 Å². The highest BCUT2D eigenvalue weighted by Gasteiger charge is 2.05. The van der Waals surface area contributed by atoms with Gasteiger partial charge in [0.05, 0.1) is 5.02 Å². The molecule has 0 aliphatic heterocycles. The lowest BCUT2D eigenvalue weighted by atomic mass is 10.2. The molecule has 0 aromatic carbocycles. The molecular formula is C11H17ClN2OS. The number of hydrogen-bond donors (Lipinski definition) is 2. The maximum atomic E-state index is 11.5. The fraction of sp³-hybridized carbons (Fsp3) is 0.545. The largest absolute Gasteiger partial charge is 0.355 e. The summed E-state index contributed by atoms with van der Waals surface area (Å²) in [4.78, 5) is 12.6. The molecule has 0 saturated heterocycles. The fourth-order valence-corrected chi connectivity index (χ4v) is 2.26. The number of carbonyl (C=O) groups excluding carboxylic acids is 1. The summed E-state index contributed by atoms with van der Waals surface area (Å²) < 4.78 is 0. The molecule has 1 atom stereocenters. The number of aryl methyl sites for hydroxylation is 1. The van der Waals surface area contributed by atoms with Crippen LogP contribution in [0.15, 0.2) is 11.4 Å². The number of hydrogen-bond acceptors (Lipinski definition) is 3. The van der Waals surface area contributed by atoms with E-state index in [9.17, 15) is 4.79 Å². The summed E-state index contributed by atoms with van der Waals surface area (Å²) in [6, 6.07) is 2.22. The van der Waals surface area contributed by atoms with Crippen LogP contribution in [0.4, 0.5) is 0 Å². The molecule has 1 aromatic heterocycles. The molecule has 3 nitrogen and oxygen atoms in total. The molecule has 0 radical (unpaired) electrons. The normalized spacial score (nSPS) is 12.4. The molecule has 1 unspecified atom stereocenters. The van der Waals surface area contributed by atoms with E-state index >= 15 is 0 Å². The molecule has 1 amide bonds. The second-order valence-corrected chi connectivity index (χ2v) is 5.16. The SMILES string of the molecule is CNC(C)CNC(=O)CCc1cc(Cl)cs1. The van der Waals surface area contributed by atoms with Crippen molar-refractivity contribution in [3.63, 3.8) is 0 Å². The quantitative estimate of drug-likeness (QED) is 0.822. The van der Waals surface area contributed by atoms with E-state index in [4.69, 9.17) is 11.6 Å². The Morgan fingerprint density at radius 1 is 1.62 bits per heavy atom. The van der Waals surface area contributed by atoms with Crippen LogP contribution in [0.2, 0.25) is 5.02 Å². The van der Waals surface area contributed by atoms with E-state index in [-0.39, 0.29) is 5.91 Å². The monoisotopic (exact) mass is 260 g/mol. The van der Waals surface area contributed by atoms with Crippen LogP contribution >= 0.6 is 22.9 Å². The molecule has 0 aliphatic carbocycles. The summed E-state index contributed by atoms with van der Waals surface area (Å²) in [6.07, 6.45) is 1.28. The van der Waals surface area contributed by atoms with E-state index < -0.39 is 0 Å². The van der Waals surface area contributed by atoms with E-state index in [0.717, 1.165) is 16.3 Å². The van der Waals surface area contributed by atoms with Crippen molar-refractivity contribution in [2.75, 3.05) is 13.6 Å². The highest BCUT2D eigenvalue weighted by atomic mass is 35.5. The standard InChI is InChI=1S/C11H17ClN2OS/c1-8(13-2)6-14-11(15)4-3-10-5-9(12)7-16-10/h5,7-8,13H,3-4,6H2,1-2H3,(H,14,15). The summed E-state index contributed by atoms with van der Waals surface area (Å²) in [5.41, 5.74) is 0. The molecule has 5 heteroatoms. The average molecular weight is 261 g/mol. The molecule has 1 aromatic rings. The molecule has 1 heterocycles. The first-order chi connectivity index (χ1) is 7.61. The van der Waals surface area contributed by atoms with Crippen molar-refractivity contribution in [1.82, 2.24) is 10.6 Å². The Morgan fingerprint density at radius 2 is 2.38 bits per heavy atom. The van der Waals surface area contributed by atoms with Crippen molar-refractivity contribution in [3.05, 3.63) is 21.3 Å². The summed E-state index contributed by atoms with van der Waals surface area (Å²) in [5.74, 6) is 0.0895. The van der Waals surface area contributed by atoms with Crippen molar-refractivity contribution >= 4 is 28.8 Å². The molecule has 1 rings (SSSR count). The van der Waals surface area contributed by atoms with E-state index in [2.05, 4.69) is 10.6 Å². The number of rotatable bonds is 6. The van der Waals surface area contributed by atoms with Gasteiger partial charge in [-0.15, -0.1) is 11.3 Å². The third-order valence-electron chi connectivity index (χ3n) is 2.32. The minimum absolute atomic E-state index is 0.0895. The van der Waals surface area contributed by atoms with Crippen LogP contribution in [-0.2, 0) is 11.2 Å². The average Bonchev–Trinajstić information content (AvgIpc) is 2.69. The zero-order valence-corrected chi connectivity index (χ0v) is 11.1. The summed E-state index contributed by atoms with van der Waals surface area (Å²) in [6.45, 7) is 2.69. The molecule has 16 heavy (non-hydrogen) atoms. The maximum Gasteiger partial charge on any atom is 0.220 e. The lowest BCUT2D eigenvalue weighted by Gasteiger charge is -2.10. The van der Waals surface area contributed by atoms with Crippen molar-refractivity contribution in [2.45, 2.75) is 25.8 Å². The minimum atomic E-state index is 0.0895. The van der Waals surface area contributed by atoms with Gasteiger partial charge in [0.25, 0.3) is 0 Å². The number of likely N-dealkylation sites (N-methyl/N-ethyl adjacent to an activating group) is 1. The van der Waals surface area contributed by atoms with Gasteiger partial charge in [-0.1, -0.05) is 11.6 Å². The van der Waals surface area contributed by atoms with Crippen molar-refractivity contribution < 1.29 is 4.79 Å². The van der Waals surface area contributed by atoms with Gasteiger partial charge in [-0.3, -0.25) is 4.79 Å². The predicted molar refractivity (Wildman–Crippen MR) is 69.2 cm³/mol. The molecule has 0 fully saturated rings. The van der Waals surface area contributed by atoms with Crippen LogP contribution in [0.5, 0.6) is 0 Å². The number of carbonyl (C=O) groups is 1. The smallest absolute Gasteiger partial charge is 0.220 e. The summed E-state index contributed by atoms with van der Waals surface area (Å²) in [5, 5.41) is 8.59. The number of nitrogens with one attached hydrogen (secondary N) is 2. The third kappa shape index (κ3) is 4.96. The number of amides is 1. The van der Waals surface area contributed by atoms with Gasteiger partial charge >= 0.3 is 0 Å². The Bertz CT molecular complexity index is 340. The molecule has 90 valence electrons. The van der Waals surface area contributed by atoms with Gasteiger partial charge < -0.3 is 10.6 Å². The topological polar surface area (TPSA) is 41.1 Å². The zero-order chi connectivity index (χ0) is 12.0. The molecule has 0 aliphatic rings. The zero-order valence-electron chi connectivity index (χ0n) is 9.55. The fourth-order valence-electron chi connectivity index (χ4n) is 1.18. The van der Waals surface area contributed by atoms with Gasteiger partial charge in [-0.05, 0) is 26.5 Å². The Labute approximate surface area is 105 Å². The van der Waals surface area contributed by atoms with Gasteiger partial charge in [-0.25, -0.2) is 0 Å². The van der Waals surface area contributed by atoms with Gasteiger partial charge in [0, 0.05) is 29.3 Å². The highest BCUT2D eigenvalue weighted by Crippen LogP contribution is 2.20. The molecule has 2 N–H and O–H groups in total. The predicted octanol–water partition coefficient (Wildman–Crippen LogP) is 2.06. The minimum Gasteiger partial charge on any atom is -0.355 e. The maximum absolute atomic E-state index is 11.5. The lowest BCUT2D eigenvalue weighted by molar-refractivity contribution is -0.121. The van der Waals surface area contributed by atoms with Crippen molar-refractivity contribution in [1.29, 1.82) is 0 Å². The Morgan fingerprint density at radius 3 is 2.94 bits per heavy atom. The van der Waals surface area contributed by atoms with Crippen LogP contribution in [0, 0.1) is 0 Å². The molecule has 0 spiro atoms. The van der Waals surface area contributed by atoms with E-state index in [1.165, 1.54) is 0 Å². The van der Waals surface area contributed by atoms with Crippen molar-refractivity contribution in [3.8, 4) is 0 Å². The summed E-state index contributed by atoms with van der Waals surface area (Å²) in [7, 11) is 1.88. The second kappa shape index (κ2) is 6.89. The van der Waals surface area contributed by atoms with Crippen LogP contribution in [0.25, 0.3) is 0 Å². The first-order valence-corrected chi connectivity index (χ1v) is 6.54. The number of thiophene rings is 1. The third-order valence-corrected chi connectivity index (χ3v) is 3.66. The van der Waals surface area contributed by atoms with Crippen LogP contribution < -0.4 is 10.6 Å². The van der Waals surface area contributed by atoms with Gasteiger partial charge in [0.15, 0.2) is 0 Å². The van der Waals surface area contributed by atoms with E-state index in [1.54, 1.807) is 11.3 Å². The van der Waals surface area contributed by atoms with E-state index in [1.807, 2.05) is 25.4 Å². The van der Waals surface area contributed by atoms with Gasteiger partial charge in [0.2, 0.25) is 5.91 Å². The Hall–Kier alpha value is -0.580. The van der Waals surface area contributed by atoms with Gasteiger partial charge in [0.1, 0.15) is 0 Å². The highest BCUT2D eigenvalue weighted by molar-refractivity contribution is 7.10. The van der Waals surface area contributed by atoms with E-state index in [0.29, 0.717) is 19.0 Å². The molecule has 0 bridgehead atoms.